The third kappa shape index (κ3) is 6.54. The van der Waals surface area contributed by atoms with E-state index in [0.717, 1.165) is 53.1 Å². The molecule has 1 aliphatic heterocycles. The minimum absolute atomic E-state index is 0.514. The zero-order valence-corrected chi connectivity index (χ0v) is 18.3. The molecule has 144 valence electrons. The predicted molar refractivity (Wildman–Crippen MR) is 119 cm³/mol. The zero-order chi connectivity index (χ0) is 19.1. The van der Waals surface area contributed by atoms with Crippen LogP contribution in [0, 0.1) is 5.92 Å². The second-order valence-corrected chi connectivity index (χ2v) is 8.91. The lowest BCUT2D eigenvalue weighted by molar-refractivity contribution is 0.331. The molecule has 0 unspecified atom stereocenters. The summed E-state index contributed by atoms with van der Waals surface area (Å²) >= 11 is 11.4. The molecule has 1 heterocycles. The first-order valence-electron chi connectivity index (χ1n) is 9.00. The topological polar surface area (TPSA) is 33.3 Å². The van der Waals surface area contributed by atoms with Crippen molar-refractivity contribution >= 4 is 39.3 Å². The van der Waals surface area contributed by atoms with Crippen molar-refractivity contribution in [3.8, 4) is 5.75 Å². The van der Waals surface area contributed by atoms with Crippen molar-refractivity contribution in [1.82, 2.24) is 10.6 Å². The van der Waals surface area contributed by atoms with Crippen molar-refractivity contribution in [3.05, 3.63) is 69.7 Å². The Morgan fingerprint density at radius 2 is 2.07 bits per heavy atom. The van der Waals surface area contributed by atoms with Crippen LogP contribution in [0.2, 0.25) is 5.02 Å². The van der Waals surface area contributed by atoms with Gasteiger partial charge in [0.15, 0.2) is 0 Å². The Bertz CT molecular complexity index is 783. The van der Waals surface area contributed by atoms with Crippen molar-refractivity contribution in [1.29, 1.82) is 0 Å². The monoisotopic (exact) mass is 466 g/mol. The summed E-state index contributed by atoms with van der Waals surface area (Å²) in [4.78, 5) is 1.17. The number of benzene rings is 2. The molecule has 3 rings (SSSR count). The summed E-state index contributed by atoms with van der Waals surface area (Å²) in [6.07, 6.45) is 1.77. The van der Waals surface area contributed by atoms with Crippen LogP contribution in [0.1, 0.15) is 11.1 Å². The van der Waals surface area contributed by atoms with Crippen molar-refractivity contribution in [3.63, 3.8) is 0 Å². The van der Waals surface area contributed by atoms with E-state index in [0.29, 0.717) is 6.61 Å². The molecule has 2 N–H and O–H groups in total. The van der Waals surface area contributed by atoms with Gasteiger partial charge in [-0.15, -0.1) is 11.8 Å². The molecule has 2 aromatic rings. The number of hydrogen-bond acceptors (Lipinski definition) is 4. The van der Waals surface area contributed by atoms with Gasteiger partial charge in [0.25, 0.3) is 0 Å². The summed E-state index contributed by atoms with van der Waals surface area (Å²) < 4.78 is 6.82. The van der Waals surface area contributed by atoms with E-state index in [9.17, 15) is 0 Å². The molecule has 1 saturated heterocycles. The SMILES string of the molecule is C=CCOc1cc(CNCC2CNC2)cc(CSc2ccc(Cl)cc2Br)c1. The van der Waals surface area contributed by atoms with Crippen molar-refractivity contribution < 1.29 is 4.74 Å². The van der Waals surface area contributed by atoms with E-state index < -0.39 is 0 Å². The molecule has 1 aliphatic rings. The summed E-state index contributed by atoms with van der Waals surface area (Å²) in [6.45, 7) is 8.38. The van der Waals surface area contributed by atoms with Gasteiger partial charge in [-0.25, -0.2) is 0 Å². The number of thioether (sulfide) groups is 1. The molecular weight excluding hydrogens is 444 g/mol. The third-order valence-corrected chi connectivity index (χ3v) is 6.61. The van der Waals surface area contributed by atoms with Crippen molar-refractivity contribution in [2.45, 2.75) is 17.2 Å². The lowest BCUT2D eigenvalue weighted by Crippen LogP contribution is -2.47. The summed E-state index contributed by atoms with van der Waals surface area (Å²) in [5.41, 5.74) is 2.49. The first-order chi connectivity index (χ1) is 13.1. The van der Waals surface area contributed by atoms with Gasteiger partial charge in [-0.3, -0.25) is 0 Å². The summed E-state index contributed by atoms with van der Waals surface area (Å²) in [5, 5.41) is 7.60. The van der Waals surface area contributed by atoms with E-state index in [1.165, 1.54) is 16.0 Å². The largest absolute Gasteiger partial charge is 0.490 e. The van der Waals surface area contributed by atoms with E-state index in [4.69, 9.17) is 16.3 Å². The number of nitrogens with one attached hydrogen (secondary N) is 2. The molecule has 3 nitrogen and oxygen atoms in total. The minimum Gasteiger partial charge on any atom is -0.490 e. The predicted octanol–water partition coefficient (Wildman–Crippen LogP) is 5.27. The van der Waals surface area contributed by atoms with Crippen LogP contribution in [0.3, 0.4) is 0 Å². The molecule has 2 aromatic carbocycles. The third-order valence-electron chi connectivity index (χ3n) is 4.31. The highest BCUT2D eigenvalue weighted by Crippen LogP contribution is 2.33. The Hall–Kier alpha value is -0.980. The smallest absolute Gasteiger partial charge is 0.120 e. The Balaban J connectivity index is 1.65. The van der Waals surface area contributed by atoms with Crippen LogP contribution in [0.15, 0.2) is 58.4 Å². The van der Waals surface area contributed by atoms with Crippen LogP contribution >= 0.6 is 39.3 Å². The van der Waals surface area contributed by atoms with Crippen LogP contribution < -0.4 is 15.4 Å². The van der Waals surface area contributed by atoms with Crippen LogP contribution in [-0.2, 0) is 12.3 Å². The van der Waals surface area contributed by atoms with Crippen LogP contribution in [0.5, 0.6) is 5.75 Å². The van der Waals surface area contributed by atoms with Crippen molar-refractivity contribution in [2.75, 3.05) is 26.2 Å². The first kappa shape index (κ1) is 20.7. The fourth-order valence-corrected chi connectivity index (χ4v) is 4.70. The molecular formula is C21H24BrClN2OS. The molecule has 0 aliphatic carbocycles. The van der Waals surface area contributed by atoms with Gasteiger partial charge in [0, 0.05) is 46.3 Å². The average molecular weight is 468 g/mol. The molecule has 0 radical (unpaired) electrons. The van der Waals surface area contributed by atoms with Gasteiger partial charge in [-0.05, 0) is 63.3 Å². The summed E-state index contributed by atoms with van der Waals surface area (Å²) in [6, 6.07) is 12.4. The second kappa shape index (κ2) is 10.5. The number of halogens is 2. The van der Waals surface area contributed by atoms with Gasteiger partial charge >= 0.3 is 0 Å². The fraction of sp³-hybridized carbons (Fsp3) is 0.333. The molecule has 0 bridgehead atoms. The molecule has 0 saturated carbocycles. The zero-order valence-electron chi connectivity index (χ0n) is 15.1. The molecule has 0 spiro atoms. The Morgan fingerprint density at radius 1 is 1.26 bits per heavy atom. The normalized spacial score (nSPS) is 14.0. The number of hydrogen-bond donors (Lipinski definition) is 2. The summed E-state index contributed by atoms with van der Waals surface area (Å²) in [5.74, 6) is 2.51. The maximum atomic E-state index is 6.03. The quantitative estimate of drug-likeness (QED) is 0.368. The lowest BCUT2D eigenvalue weighted by atomic mass is 10.0. The van der Waals surface area contributed by atoms with Gasteiger partial charge in [-0.2, -0.15) is 0 Å². The lowest BCUT2D eigenvalue weighted by Gasteiger charge is -2.27. The van der Waals surface area contributed by atoms with Gasteiger partial charge in [0.1, 0.15) is 12.4 Å². The van der Waals surface area contributed by atoms with E-state index in [1.807, 2.05) is 18.2 Å². The highest BCUT2D eigenvalue weighted by molar-refractivity contribution is 9.10. The standard InChI is InChI=1S/C21H24BrClN2OS/c1-2-5-26-19-7-15(10-24-11-17-12-25-13-17)6-16(8-19)14-27-21-4-3-18(23)9-20(21)22/h2-4,6-9,17,24-25H,1,5,10-14H2. The first-order valence-corrected chi connectivity index (χ1v) is 11.2. The van der Waals surface area contributed by atoms with E-state index in [2.05, 4.69) is 51.3 Å². The average Bonchev–Trinajstić information content (AvgIpc) is 2.61. The minimum atomic E-state index is 0.514. The van der Waals surface area contributed by atoms with E-state index >= 15 is 0 Å². The molecule has 0 amide bonds. The second-order valence-electron chi connectivity index (χ2n) is 6.60. The van der Waals surface area contributed by atoms with Crippen LogP contribution in [-0.4, -0.2) is 26.2 Å². The Kier molecular flexibility index (Phi) is 8.09. The molecule has 0 aromatic heterocycles. The molecule has 1 fully saturated rings. The van der Waals surface area contributed by atoms with Crippen molar-refractivity contribution in [2.24, 2.45) is 5.92 Å². The van der Waals surface area contributed by atoms with E-state index in [1.54, 1.807) is 17.8 Å². The molecule has 6 heteroatoms. The Labute approximate surface area is 179 Å². The molecule has 0 atom stereocenters. The number of ether oxygens (including phenoxy) is 1. The van der Waals surface area contributed by atoms with Gasteiger partial charge in [0.2, 0.25) is 0 Å². The highest BCUT2D eigenvalue weighted by Gasteiger charge is 2.15. The Morgan fingerprint density at radius 3 is 2.78 bits per heavy atom. The molecule has 27 heavy (non-hydrogen) atoms. The maximum absolute atomic E-state index is 6.03. The van der Waals surface area contributed by atoms with Gasteiger partial charge < -0.3 is 15.4 Å². The number of rotatable bonds is 10. The fourth-order valence-electron chi connectivity index (χ4n) is 2.82. The van der Waals surface area contributed by atoms with Gasteiger partial charge in [0.05, 0.1) is 0 Å². The highest BCUT2D eigenvalue weighted by atomic mass is 79.9. The maximum Gasteiger partial charge on any atom is 0.120 e. The van der Waals surface area contributed by atoms with E-state index in [-0.39, 0.29) is 0 Å². The van der Waals surface area contributed by atoms with Gasteiger partial charge in [-0.1, -0.05) is 30.3 Å². The van der Waals surface area contributed by atoms with Crippen LogP contribution in [0.25, 0.3) is 0 Å². The summed E-state index contributed by atoms with van der Waals surface area (Å²) in [7, 11) is 0. The van der Waals surface area contributed by atoms with Crippen LogP contribution in [0.4, 0.5) is 0 Å².